The highest BCUT2D eigenvalue weighted by Crippen LogP contribution is 2.33. The molecule has 2 rings (SSSR count). The summed E-state index contributed by atoms with van der Waals surface area (Å²) in [5.41, 5.74) is 1.91. The first kappa shape index (κ1) is 24.6. The maximum absolute atomic E-state index is 10.8. The molecule has 0 heterocycles. The minimum Gasteiger partial charge on any atom is -0.491 e. The van der Waals surface area contributed by atoms with E-state index in [1.54, 1.807) is 0 Å². The van der Waals surface area contributed by atoms with Crippen molar-refractivity contribution in [3.8, 4) is 11.5 Å². The Kier molecular flexibility index (Phi) is 9.27. The van der Waals surface area contributed by atoms with E-state index in [4.69, 9.17) is 25.8 Å². The summed E-state index contributed by atoms with van der Waals surface area (Å²) in [4.78, 5) is 21.7. The first-order valence-electron chi connectivity index (χ1n) is 9.92. The molecule has 0 radical (unpaired) electrons. The van der Waals surface area contributed by atoms with Crippen molar-refractivity contribution in [2.75, 3.05) is 25.7 Å². The quantitative estimate of drug-likeness (QED) is 0.298. The van der Waals surface area contributed by atoms with Gasteiger partial charge in [-0.05, 0) is 35.4 Å². The van der Waals surface area contributed by atoms with Crippen LogP contribution in [0, 0.1) is 4.91 Å². The zero-order valence-electron chi connectivity index (χ0n) is 17.9. The van der Waals surface area contributed by atoms with E-state index < -0.39 is 18.1 Å². The number of ether oxygens (including phenoxy) is 3. The summed E-state index contributed by atoms with van der Waals surface area (Å²) in [6.45, 7) is 5.57. The van der Waals surface area contributed by atoms with E-state index in [0.717, 1.165) is 11.1 Å². The molecule has 0 fully saturated rings. The summed E-state index contributed by atoms with van der Waals surface area (Å²) in [5.74, 6) is 0.924. The molecule has 0 saturated carbocycles. The van der Waals surface area contributed by atoms with Gasteiger partial charge in [-0.25, -0.2) is 0 Å². The number of rotatable bonds is 12. The number of carbonyl (C=O) groups excluding carboxylic acids is 1. The number of aliphatic hydroxyl groups excluding tert-OH is 1. The van der Waals surface area contributed by atoms with Gasteiger partial charge in [0.1, 0.15) is 37.4 Å². The van der Waals surface area contributed by atoms with Crippen molar-refractivity contribution >= 4 is 17.6 Å². The van der Waals surface area contributed by atoms with E-state index >= 15 is 0 Å². The molecule has 31 heavy (non-hydrogen) atoms. The number of alkyl halides is 1. The van der Waals surface area contributed by atoms with Gasteiger partial charge in [0.05, 0.1) is 5.88 Å². The third-order valence-corrected chi connectivity index (χ3v) is 5.20. The Labute approximate surface area is 187 Å². The summed E-state index contributed by atoms with van der Waals surface area (Å²) in [6.07, 6.45) is -0.697. The SMILES string of the molecule is CC(=O)OCC(COc1ccc(C(C)(C)c2ccc(OCC(O)CCl)cc2)cc1)N=O. The Morgan fingerprint density at radius 3 is 1.87 bits per heavy atom. The molecule has 1 N–H and O–H groups in total. The van der Waals surface area contributed by atoms with E-state index in [1.807, 2.05) is 48.5 Å². The second-order valence-corrected chi connectivity index (χ2v) is 7.97. The minimum absolute atomic E-state index is 0.0272. The van der Waals surface area contributed by atoms with Crippen LogP contribution in [0.25, 0.3) is 0 Å². The van der Waals surface area contributed by atoms with Crippen LogP contribution in [0.5, 0.6) is 11.5 Å². The lowest BCUT2D eigenvalue weighted by atomic mass is 9.78. The number of hydrogen-bond donors (Lipinski definition) is 1. The maximum atomic E-state index is 10.8. The summed E-state index contributed by atoms with van der Waals surface area (Å²) in [6, 6.07) is 14.5. The van der Waals surface area contributed by atoms with E-state index in [-0.39, 0.29) is 31.1 Å². The highest BCUT2D eigenvalue weighted by molar-refractivity contribution is 6.18. The van der Waals surface area contributed by atoms with E-state index in [2.05, 4.69) is 19.0 Å². The highest BCUT2D eigenvalue weighted by atomic mass is 35.5. The van der Waals surface area contributed by atoms with Gasteiger partial charge in [0, 0.05) is 12.3 Å². The molecule has 0 aromatic heterocycles. The Morgan fingerprint density at radius 2 is 1.45 bits per heavy atom. The molecule has 2 aromatic rings. The van der Waals surface area contributed by atoms with Crippen LogP contribution in [0.1, 0.15) is 31.9 Å². The summed E-state index contributed by atoms with van der Waals surface area (Å²) < 4.78 is 15.9. The van der Waals surface area contributed by atoms with Crippen LogP contribution in [-0.2, 0) is 14.9 Å². The zero-order chi connectivity index (χ0) is 22.9. The Bertz CT molecular complexity index is 838. The summed E-state index contributed by atoms with van der Waals surface area (Å²) in [7, 11) is 0. The Balaban J connectivity index is 1.98. The summed E-state index contributed by atoms with van der Waals surface area (Å²) in [5, 5.41) is 12.4. The number of nitroso groups, excluding NO2 is 1. The fourth-order valence-corrected chi connectivity index (χ4v) is 2.94. The molecule has 7 nitrogen and oxygen atoms in total. The van der Waals surface area contributed by atoms with Crippen molar-refractivity contribution in [2.45, 2.75) is 38.3 Å². The van der Waals surface area contributed by atoms with Crippen molar-refractivity contribution in [2.24, 2.45) is 5.18 Å². The number of halogens is 1. The average Bonchev–Trinajstić information content (AvgIpc) is 2.78. The van der Waals surface area contributed by atoms with Gasteiger partial charge >= 0.3 is 5.97 Å². The molecule has 0 aliphatic carbocycles. The van der Waals surface area contributed by atoms with Crippen LogP contribution < -0.4 is 9.47 Å². The number of nitrogens with zero attached hydrogens (tertiary/aromatic N) is 1. The number of aliphatic hydroxyl groups is 1. The number of benzene rings is 2. The number of esters is 1. The van der Waals surface area contributed by atoms with Gasteiger partial charge < -0.3 is 19.3 Å². The van der Waals surface area contributed by atoms with Crippen molar-refractivity contribution in [1.82, 2.24) is 0 Å². The molecule has 0 amide bonds. The van der Waals surface area contributed by atoms with Crippen LogP contribution >= 0.6 is 11.6 Å². The van der Waals surface area contributed by atoms with Crippen LogP contribution in [0.4, 0.5) is 0 Å². The second kappa shape index (κ2) is 11.7. The highest BCUT2D eigenvalue weighted by Gasteiger charge is 2.23. The molecular weight excluding hydrogens is 422 g/mol. The smallest absolute Gasteiger partial charge is 0.302 e. The number of hydrogen-bond acceptors (Lipinski definition) is 7. The average molecular weight is 450 g/mol. The predicted octanol–water partition coefficient (Wildman–Crippen LogP) is 4.07. The third kappa shape index (κ3) is 7.52. The third-order valence-electron chi connectivity index (χ3n) is 4.84. The normalized spacial score (nSPS) is 13.2. The fraction of sp³-hybridized carbons (Fsp3) is 0.435. The van der Waals surface area contributed by atoms with Crippen LogP contribution in [0.2, 0.25) is 0 Å². The fourth-order valence-electron chi connectivity index (χ4n) is 2.85. The Morgan fingerprint density at radius 1 is 0.968 bits per heavy atom. The van der Waals surface area contributed by atoms with Gasteiger partial charge in [-0.1, -0.05) is 43.3 Å². The van der Waals surface area contributed by atoms with Crippen LogP contribution in [0.3, 0.4) is 0 Å². The van der Waals surface area contributed by atoms with Crippen molar-refractivity contribution in [3.63, 3.8) is 0 Å². The lowest BCUT2D eigenvalue weighted by Gasteiger charge is -2.26. The van der Waals surface area contributed by atoms with Gasteiger partial charge in [0.25, 0.3) is 0 Å². The van der Waals surface area contributed by atoms with Gasteiger partial charge in [0.2, 0.25) is 0 Å². The lowest BCUT2D eigenvalue weighted by molar-refractivity contribution is -0.141. The predicted molar refractivity (Wildman–Crippen MR) is 119 cm³/mol. The summed E-state index contributed by atoms with van der Waals surface area (Å²) >= 11 is 5.57. The topological polar surface area (TPSA) is 94.4 Å². The van der Waals surface area contributed by atoms with Gasteiger partial charge in [-0.3, -0.25) is 4.79 Å². The van der Waals surface area contributed by atoms with Crippen molar-refractivity contribution in [3.05, 3.63) is 64.6 Å². The van der Waals surface area contributed by atoms with Crippen molar-refractivity contribution in [1.29, 1.82) is 0 Å². The molecule has 0 aliphatic heterocycles. The molecule has 2 aromatic carbocycles. The monoisotopic (exact) mass is 449 g/mol. The minimum atomic E-state index is -0.758. The molecule has 0 saturated heterocycles. The van der Waals surface area contributed by atoms with Crippen molar-refractivity contribution < 1.29 is 24.1 Å². The van der Waals surface area contributed by atoms with E-state index in [9.17, 15) is 14.8 Å². The largest absolute Gasteiger partial charge is 0.491 e. The molecule has 168 valence electrons. The molecule has 0 bridgehead atoms. The number of carbonyl (C=O) groups is 1. The molecule has 8 heteroatoms. The molecule has 0 aliphatic rings. The van der Waals surface area contributed by atoms with E-state index in [0.29, 0.717) is 11.5 Å². The standard InChI is InChI=1S/C23H28ClNO6/c1-16(26)29-13-19(25-28)14-30-21-8-4-17(5-9-21)23(2,3)18-6-10-22(11-7-18)31-15-20(27)12-24/h4-11,19-20,27H,12-15H2,1-3H3. The lowest BCUT2D eigenvalue weighted by Crippen LogP contribution is -2.23. The first-order valence-corrected chi connectivity index (χ1v) is 10.5. The van der Waals surface area contributed by atoms with E-state index in [1.165, 1.54) is 6.92 Å². The van der Waals surface area contributed by atoms with Crippen LogP contribution in [0.15, 0.2) is 53.7 Å². The van der Waals surface area contributed by atoms with Gasteiger partial charge in [0.15, 0.2) is 6.04 Å². The van der Waals surface area contributed by atoms with Gasteiger partial charge in [-0.2, -0.15) is 4.91 Å². The molecule has 0 spiro atoms. The first-order chi connectivity index (χ1) is 14.8. The second-order valence-electron chi connectivity index (χ2n) is 7.67. The van der Waals surface area contributed by atoms with Gasteiger partial charge in [-0.15, -0.1) is 11.6 Å². The molecule has 2 unspecified atom stereocenters. The molecule has 2 atom stereocenters. The molecular formula is C23H28ClNO6. The maximum Gasteiger partial charge on any atom is 0.302 e. The zero-order valence-corrected chi connectivity index (χ0v) is 18.7. The Hall–Kier alpha value is -2.64. The van der Waals surface area contributed by atoms with Crippen LogP contribution in [-0.4, -0.2) is 48.9 Å².